The van der Waals surface area contributed by atoms with Crippen molar-refractivity contribution in [3.63, 3.8) is 0 Å². The number of hydrogen-bond donors (Lipinski definition) is 1. The Bertz CT molecular complexity index is 1420. The van der Waals surface area contributed by atoms with Crippen LogP contribution in [0.5, 0.6) is 0 Å². The van der Waals surface area contributed by atoms with Gasteiger partial charge < -0.3 is 10.2 Å². The van der Waals surface area contributed by atoms with Crippen LogP contribution in [0.3, 0.4) is 0 Å². The molecule has 0 spiro atoms. The molecule has 0 fully saturated rings. The molecule has 2 atom stereocenters. The van der Waals surface area contributed by atoms with Crippen LogP contribution in [0.4, 0.5) is 5.69 Å². The molecule has 0 aliphatic heterocycles. The summed E-state index contributed by atoms with van der Waals surface area (Å²) in [6.07, 6.45) is 1.02. The molecule has 0 unspecified atom stereocenters. The van der Waals surface area contributed by atoms with Crippen molar-refractivity contribution in [1.82, 2.24) is 10.2 Å². The Kier molecular flexibility index (Phi) is 11.3. The fourth-order valence-corrected chi connectivity index (χ4v) is 6.09. The number of nitrogens with zero attached hydrogens (tertiary/aromatic N) is 2. The van der Waals surface area contributed by atoms with Crippen LogP contribution in [0.2, 0.25) is 15.1 Å². The molecular formula is C29H32Cl3N3O4S. The smallest absolute Gasteiger partial charge is 0.264 e. The predicted molar refractivity (Wildman–Crippen MR) is 161 cm³/mol. The highest BCUT2D eigenvalue weighted by Gasteiger charge is 2.34. The van der Waals surface area contributed by atoms with Crippen molar-refractivity contribution in [2.75, 3.05) is 10.8 Å². The predicted octanol–water partition coefficient (Wildman–Crippen LogP) is 6.56. The lowest BCUT2D eigenvalue weighted by Gasteiger charge is -2.34. The average Bonchev–Trinajstić information content (AvgIpc) is 2.94. The second-order valence-electron chi connectivity index (χ2n) is 9.29. The molecule has 11 heteroatoms. The maximum Gasteiger partial charge on any atom is 0.264 e. The van der Waals surface area contributed by atoms with Gasteiger partial charge in [-0.3, -0.25) is 13.9 Å². The molecule has 0 heterocycles. The van der Waals surface area contributed by atoms with E-state index in [0.717, 1.165) is 9.87 Å². The molecule has 3 aromatic rings. The second kappa shape index (κ2) is 14.2. The van der Waals surface area contributed by atoms with Crippen molar-refractivity contribution < 1.29 is 18.0 Å². The van der Waals surface area contributed by atoms with Gasteiger partial charge in [-0.1, -0.05) is 85.0 Å². The van der Waals surface area contributed by atoms with Crippen molar-refractivity contribution in [3.8, 4) is 0 Å². The summed E-state index contributed by atoms with van der Waals surface area (Å²) < 4.78 is 28.7. The first-order valence-electron chi connectivity index (χ1n) is 12.9. The van der Waals surface area contributed by atoms with E-state index in [-0.39, 0.29) is 39.1 Å². The van der Waals surface area contributed by atoms with Crippen LogP contribution in [0.15, 0.2) is 77.7 Å². The Labute approximate surface area is 251 Å². The van der Waals surface area contributed by atoms with E-state index in [1.165, 1.54) is 29.2 Å². The van der Waals surface area contributed by atoms with Crippen LogP contribution in [0, 0.1) is 0 Å². The van der Waals surface area contributed by atoms with Gasteiger partial charge in [0.2, 0.25) is 11.8 Å². The summed E-state index contributed by atoms with van der Waals surface area (Å²) in [6, 6.07) is 18.3. The molecule has 0 saturated heterocycles. The van der Waals surface area contributed by atoms with Gasteiger partial charge in [-0.25, -0.2) is 8.42 Å². The van der Waals surface area contributed by atoms with Gasteiger partial charge in [-0.05, 0) is 61.7 Å². The number of amides is 2. The zero-order chi connectivity index (χ0) is 29.4. The SMILES string of the molecule is CC[C@@H](C)NC(=O)[C@H](CC)N(Cc1ccc(Cl)cc1)C(=O)CN(c1cccc(Cl)c1Cl)S(=O)(=O)c1ccccc1. The van der Waals surface area contributed by atoms with Crippen molar-refractivity contribution in [3.05, 3.63) is 93.4 Å². The van der Waals surface area contributed by atoms with E-state index in [9.17, 15) is 18.0 Å². The van der Waals surface area contributed by atoms with Crippen LogP contribution < -0.4 is 9.62 Å². The minimum atomic E-state index is -4.25. The number of rotatable bonds is 12. The third-order valence-electron chi connectivity index (χ3n) is 6.46. The van der Waals surface area contributed by atoms with Gasteiger partial charge in [0.1, 0.15) is 12.6 Å². The summed E-state index contributed by atoms with van der Waals surface area (Å²) in [7, 11) is -4.25. The highest BCUT2D eigenvalue weighted by Crippen LogP contribution is 2.35. The summed E-state index contributed by atoms with van der Waals surface area (Å²) >= 11 is 18.8. The van der Waals surface area contributed by atoms with Gasteiger partial charge in [0.25, 0.3) is 10.0 Å². The molecule has 7 nitrogen and oxygen atoms in total. The van der Waals surface area contributed by atoms with Crippen LogP contribution in [-0.4, -0.2) is 43.8 Å². The molecule has 0 saturated carbocycles. The summed E-state index contributed by atoms with van der Waals surface area (Å²) in [5, 5.41) is 3.60. The Hall–Kier alpha value is -2.78. The minimum absolute atomic E-state index is 0.0118. The minimum Gasteiger partial charge on any atom is -0.352 e. The topological polar surface area (TPSA) is 86.8 Å². The second-order valence-corrected chi connectivity index (χ2v) is 12.4. The molecule has 0 aliphatic rings. The number of halogens is 3. The molecule has 2 amide bonds. The first-order chi connectivity index (χ1) is 19.0. The van der Waals surface area contributed by atoms with Crippen LogP contribution >= 0.6 is 34.8 Å². The highest BCUT2D eigenvalue weighted by molar-refractivity contribution is 7.92. The quantitative estimate of drug-likeness (QED) is 0.247. The van der Waals surface area contributed by atoms with E-state index in [0.29, 0.717) is 17.9 Å². The van der Waals surface area contributed by atoms with E-state index >= 15 is 0 Å². The standard InChI is InChI=1S/C29H32Cl3N3O4S/c1-4-20(3)33-29(37)25(5-2)34(18-21-14-16-22(30)17-15-21)27(36)19-35(26-13-9-12-24(31)28(26)32)40(38,39)23-10-7-6-8-11-23/h6-17,20,25H,4-5,18-19H2,1-3H3,(H,33,37)/t20-,25+/m1/s1. The Morgan fingerprint density at radius 1 is 0.875 bits per heavy atom. The first kappa shape index (κ1) is 31.7. The van der Waals surface area contributed by atoms with Gasteiger partial charge in [0.15, 0.2) is 0 Å². The molecule has 0 radical (unpaired) electrons. The van der Waals surface area contributed by atoms with Gasteiger partial charge in [-0.2, -0.15) is 0 Å². The number of anilines is 1. The van der Waals surface area contributed by atoms with E-state index in [1.807, 2.05) is 13.8 Å². The lowest BCUT2D eigenvalue weighted by atomic mass is 10.1. The first-order valence-corrected chi connectivity index (χ1v) is 15.4. The summed E-state index contributed by atoms with van der Waals surface area (Å²) in [5.41, 5.74) is 0.778. The lowest BCUT2D eigenvalue weighted by molar-refractivity contribution is -0.140. The fourth-order valence-electron chi connectivity index (χ4n) is 4.07. The highest BCUT2D eigenvalue weighted by atomic mass is 35.5. The average molecular weight is 625 g/mol. The summed E-state index contributed by atoms with van der Waals surface area (Å²) in [6.45, 7) is 5.08. The Morgan fingerprint density at radius 3 is 2.12 bits per heavy atom. The van der Waals surface area contributed by atoms with Crippen LogP contribution in [0.25, 0.3) is 0 Å². The molecular weight excluding hydrogens is 593 g/mol. The monoisotopic (exact) mass is 623 g/mol. The van der Waals surface area contributed by atoms with Gasteiger partial charge >= 0.3 is 0 Å². The molecule has 0 aromatic heterocycles. The maximum absolute atomic E-state index is 14.1. The van der Waals surface area contributed by atoms with Gasteiger partial charge in [-0.15, -0.1) is 0 Å². The zero-order valence-electron chi connectivity index (χ0n) is 22.5. The number of sulfonamides is 1. The number of hydrogen-bond acceptors (Lipinski definition) is 4. The van der Waals surface area contributed by atoms with Crippen LogP contribution in [0.1, 0.15) is 39.2 Å². The van der Waals surface area contributed by atoms with Crippen molar-refractivity contribution in [2.45, 2.75) is 57.1 Å². The molecule has 40 heavy (non-hydrogen) atoms. The Balaban J connectivity index is 2.08. The molecule has 3 aromatic carbocycles. The fraction of sp³-hybridized carbons (Fsp3) is 0.310. The van der Waals surface area contributed by atoms with Gasteiger partial charge in [0.05, 0.1) is 20.6 Å². The van der Waals surface area contributed by atoms with Crippen molar-refractivity contribution >= 4 is 62.3 Å². The number of nitrogens with one attached hydrogen (secondary N) is 1. The lowest BCUT2D eigenvalue weighted by Crippen LogP contribution is -2.53. The molecule has 0 bridgehead atoms. The van der Waals surface area contributed by atoms with E-state index in [4.69, 9.17) is 34.8 Å². The van der Waals surface area contributed by atoms with E-state index < -0.39 is 28.5 Å². The zero-order valence-corrected chi connectivity index (χ0v) is 25.6. The summed E-state index contributed by atoms with van der Waals surface area (Å²) in [5.74, 6) is -0.908. The maximum atomic E-state index is 14.1. The van der Waals surface area contributed by atoms with E-state index in [1.54, 1.807) is 55.5 Å². The van der Waals surface area contributed by atoms with Crippen molar-refractivity contribution in [2.24, 2.45) is 0 Å². The van der Waals surface area contributed by atoms with E-state index in [2.05, 4.69) is 5.32 Å². The third kappa shape index (κ3) is 7.69. The normalized spacial score (nSPS) is 12.8. The number of carbonyl (C=O) groups is 2. The largest absolute Gasteiger partial charge is 0.352 e. The Morgan fingerprint density at radius 2 is 1.52 bits per heavy atom. The number of carbonyl (C=O) groups excluding carboxylic acids is 2. The van der Waals surface area contributed by atoms with Crippen molar-refractivity contribution in [1.29, 1.82) is 0 Å². The molecule has 214 valence electrons. The van der Waals surface area contributed by atoms with Gasteiger partial charge in [0, 0.05) is 17.6 Å². The molecule has 0 aliphatic carbocycles. The molecule has 3 rings (SSSR count). The third-order valence-corrected chi connectivity index (χ3v) is 9.30. The van der Waals surface area contributed by atoms with Crippen LogP contribution in [-0.2, 0) is 26.2 Å². The number of benzene rings is 3. The summed E-state index contributed by atoms with van der Waals surface area (Å²) in [4.78, 5) is 28.8. The molecule has 1 N–H and O–H groups in total.